The molecule has 1 fully saturated rings. The van der Waals surface area contributed by atoms with Crippen molar-refractivity contribution < 1.29 is 4.79 Å². The normalized spacial score (nSPS) is 15.1. The number of carbonyl (C=O) groups excluding carboxylic acids is 1. The van der Waals surface area contributed by atoms with E-state index >= 15 is 0 Å². The van der Waals surface area contributed by atoms with Crippen LogP contribution in [0.2, 0.25) is 0 Å². The number of rotatable bonds is 6. The van der Waals surface area contributed by atoms with Crippen LogP contribution in [0.4, 0.5) is 0 Å². The lowest BCUT2D eigenvalue weighted by Crippen LogP contribution is -2.37. The van der Waals surface area contributed by atoms with Crippen LogP contribution >= 0.6 is 0 Å². The van der Waals surface area contributed by atoms with Gasteiger partial charge >= 0.3 is 0 Å². The highest BCUT2D eigenvalue weighted by molar-refractivity contribution is 5.91. The summed E-state index contributed by atoms with van der Waals surface area (Å²) in [5.74, 6) is 0.712. The van der Waals surface area contributed by atoms with E-state index in [1.54, 1.807) is 16.8 Å². The molecule has 2 heterocycles. The summed E-state index contributed by atoms with van der Waals surface area (Å²) in [5.41, 5.74) is 3.26. The van der Waals surface area contributed by atoms with Crippen LogP contribution in [0.5, 0.6) is 0 Å². The third-order valence-corrected chi connectivity index (χ3v) is 5.43. The van der Waals surface area contributed by atoms with Crippen LogP contribution in [0.3, 0.4) is 0 Å². The summed E-state index contributed by atoms with van der Waals surface area (Å²) in [4.78, 5) is 14.5. The maximum absolute atomic E-state index is 12.5. The number of hydrogen-bond acceptors (Lipinski definition) is 3. The summed E-state index contributed by atoms with van der Waals surface area (Å²) >= 11 is 0. The van der Waals surface area contributed by atoms with Gasteiger partial charge < -0.3 is 4.90 Å². The number of carbonyl (C=O) groups is 1. The molecule has 0 unspecified atom stereocenters. The molecule has 0 aliphatic carbocycles. The van der Waals surface area contributed by atoms with Crippen molar-refractivity contribution in [2.75, 3.05) is 13.1 Å². The molecule has 0 N–H and O–H groups in total. The molecule has 148 valence electrons. The standard InChI is InChI=1S/C24H26N4O/c29-24(27-15-13-21(14-16-27)17-20-7-3-1-4-8-20)12-11-23-19-28(26-25-23)18-22-9-5-2-6-10-22/h1-12,19,21H,13-18H2/b12-11+. The minimum absolute atomic E-state index is 0.0563. The molecule has 2 aromatic carbocycles. The number of likely N-dealkylation sites (tertiary alicyclic amines) is 1. The summed E-state index contributed by atoms with van der Waals surface area (Å²) in [6.07, 6.45) is 8.46. The molecule has 1 aromatic heterocycles. The van der Waals surface area contributed by atoms with Gasteiger partial charge in [0.1, 0.15) is 5.69 Å². The average molecular weight is 386 g/mol. The number of piperidine rings is 1. The Morgan fingerprint density at radius 1 is 0.966 bits per heavy atom. The van der Waals surface area contributed by atoms with Gasteiger partial charge in [0.2, 0.25) is 5.91 Å². The molecule has 1 aliphatic rings. The van der Waals surface area contributed by atoms with Crippen LogP contribution in [0.15, 0.2) is 72.9 Å². The fourth-order valence-corrected chi connectivity index (χ4v) is 3.80. The Balaban J connectivity index is 1.26. The molecule has 29 heavy (non-hydrogen) atoms. The van der Waals surface area contributed by atoms with Crippen molar-refractivity contribution in [2.24, 2.45) is 5.92 Å². The summed E-state index contributed by atoms with van der Waals surface area (Å²) < 4.78 is 1.79. The topological polar surface area (TPSA) is 51.0 Å². The van der Waals surface area contributed by atoms with Crippen molar-refractivity contribution in [1.82, 2.24) is 19.9 Å². The fraction of sp³-hybridized carbons (Fsp3) is 0.292. The molecule has 1 amide bonds. The molecule has 0 spiro atoms. The minimum atomic E-state index is 0.0563. The molecule has 0 saturated carbocycles. The lowest BCUT2D eigenvalue weighted by molar-refractivity contribution is -0.127. The fourth-order valence-electron chi connectivity index (χ4n) is 3.80. The summed E-state index contributed by atoms with van der Waals surface area (Å²) in [7, 11) is 0. The largest absolute Gasteiger partial charge is 0.339 e. The first kappa shape index (κ1) is 19.1. The van der Waals surface area contributed by atoms with E-state index in [4.69, 9.17) is 0 Å². The van der Waals surface area contributed by atoms with Gasteiger partial charge in [-0.3, -0.25) is 4.79 Å². The molecular weight excluding hydrogens is 360 g/mol. The second-order valence-electron chi connectivity index (χ2n) is 7.62. The van der Waals surface area contributed by atoms with E-state index in [9.17, 15) is 4.79 Å². The molecule has 1 saturated heterocycles. The first-order chi connectivity index (χ1) is 14.3. The monoisotopic (exact) mass is 386 g/mol. The van der Waals surface area contributed by atoms with Gasteiger partial charge in [-0.15, -0.1) is 5.10 Å². The number of amides is 1. The molecule has 5 heteroatoms. The number of aromatic nitrogens is 3. The van der Waals surface area contributed by atoms with Gasteiger partial charge in [-0.05, 0) is 42.4 Å². The van der Waals surface area contributed by atoms with E-state index in [1.165, 1.54) is 11.1 Å². The highest BCUT2D eigenvalue weighted by Gasteiger charge is 2.21. The van der Waals surface area contributed by atoms with Gasteiger partial charge in [0, 0.05) is 19.2 Å². The third-order valence-electron chi connectivity index (χ3n) is 5.43. The lowest BCUT2D eigenvalue weighted by atomic mass is 9.90. The van der Waals surface area contributed by atoms with Gasteiger partial charge in [-0.25, -0.2) is 4.68 Å². The Morgan fingerprint density at radius 3 is 2.31 bits per heavy atom. The molecule has 3 aromatic rings. The minimum Gasteiger partial charge on any atom is -0.339 e. The van der Waals surface area contributed by atoms with Gasteiger partial charge in [0.15, 0.2) is 0 Å². The zero-order valence-electron chi connectivity index (χ0n) is 16.5. The van der Waals surface area contributed by atoms with Gasteiger partial charge in [-0.1, -0.05) is 65.9 Å². The molecular formula is C24H26N4O. The van der Waals surface area contributed by atoms with Crippen LogP contribution in [-0.2, 0) is 17.8 Å². The van der Waals surface area contributed by atoms with Crippen LogP contribution in [0.1, 0.15) is 29.7 Å². The van der Waals surface area contributed by atoms with Crippen molar-refractivity contribution in [3.8, 4) is 0 Å². The van der Waals surface area contributed by atoms with E-state index in [0.717, 1.165) is 32.4 Å². The highest BCUT2D eigenvalue weighted by Crippen LogP contribution is 2.22. The smallest absolute Gasteiger partial charge is 0.246 e. The molecule has 5 nitrogen and oxygen atoms in total. The maximum Gasteiger partial charge on any atom is 0.246 e. The third kappa shape index (κ3) is 5.41. The Hall–Kier alpha value is -3.21. The van der Waals surface area contributed by atoms with Crippen LogP contribution in [0, 0.1) is 5.92 Å². The van der Waals surface area contributed by atoms with Crippen LogP contribution < -0.4 is 0 Å². The average Bonchev–Trinajstić information content (AvgIpc) is 3.21. The first-order valence-electron chi connectivity index (χ1n) is 10.2. The number of benzene rings is 2. The SMILES string of the molecule is O=C(/C=C/c1cn(Cc2ccccc2)nn1)N1CCC(Cc2ccccc2)CC1. The van der Waals surface area contributed by atoms with Crippen molar-refractivity contribution in [1.29, 1.82) is 0 Å². The summed E-state index contributed by atoms with van der Waals surface area (Å²) in [5, 5.41) is 8.29. The van der Waals surface area contributed by atoms with E-state index in [1.807, 2.05) is 29.3 Å². The molecule has 1 aliphatic heterocycles. The van der Waals surface area contributed by atoms with Gasteiger partial charge in [0.05, 0.1) is 12.7 Å². The number of nitrogens with zero attached hydrogens (tertiary/aromatic N) is 4. The van der Waals surface area contributed by atoms with Crippen molar-refractivity contribution in [3.05, 3.63) is 89.8 Å². The summed E-state index contributed by atoms with van der Waals surface area (Å²) in [6, 6.07) is 20.7. The lowest BCUT2D eigenvalue weighted by Gasteiger charge is -2.31. The second kappa shape index (κ2) is 9.32. The van der Waals surface area contributed by atoms with E-state index in [-0.39, 0.29) is 5.91 Å². The molecule has 4 rings (SSSR count). The Labute approximate surface area is 171 Å². The van der Waals surface area contributed by atoms with Crippen LogP contribution in [0.25, 0.3) is 6.08 Å². The van der Waals surface area contributed by atoms with Gasteiger partial charge in [0.25, 0.3) is 0 Å². The van der Waals surface area contributed by atoms with Crippen molar-refractivity contribution in [2.45, 2.75) is 25.8 Å². The van der Waals surface area contributed by atoms with Crippen molar-refractivity contribution >= 4 is 12.0 Å². The van der Waals surface area contributed by atoms with Crippen molar-refractivity contribution in [3.63, 3.8) is 0 Å². The molecule has 0 bridgehead atoms. The van der Waals surface area contributed by atoms with E-state index < -0.39 is 0 Å². The highest BCUT2D eigenvalue weighted by atomic mass is 16.2. The van der Waals surface area contributed by atoms with Crippen LogP contribution in [-0.4, -0.2) is 38.9 Å². The molecule has 0 atom stereocenters. The Bertz CT molecular complexity index is 941. The molecule has 0 radical (unpaired) electrons. The predicted molar refractivity (Wildman–Crippen MR) is 114 cm³/mol. The predicted octanol–water partition coefficient (Wildman–Crippen LogP) is 3.82. The second-order valence-corrected chi connectivity index (χ2v) is 7.62. The van der Waals surface area contributed by atoms with E-state index in [0.29, 0.717) is 18.2 Å². The summed E-state index contributed by atoms with van der Waals surface area (Å²) in [6.45, 7) is 2.31. The van der Waals surface area contributed by atoms with Gasteiger partial charge in [-0.2, -0.15) is 0 Å². The first-order valence-corrected chi connectivity index (χ1v) is 10.2. The number of hydrogen-bond donors (Lipinski definition) is 0. The zero-order chi connectivity index (χ0) is 19.9. The quantitative estimate of drug-likeness (QED) is 0.605. The Kier molecular flexibility index (Phi) is 6.15. The Morgan fingerprint density at radius 2 is 1.62 bits per heavy atom. The van der Waals surface area contributed by atoms with E-state index in [2.05, 4.69) is 52.8 Å². The zero-order valence-corrected chi connectivity index (χ0v) is 16.5. The maximum atomic E-state index is 12.5.